The fourth-order valence-electron chi connectivity index (χ4n) is 3.98. The smallest absolute Gasteiger partial charge is 0.0547 e. The van der Waals surface area contributed by atoms with E-state index in [1.165, 1.54) is 45.1 Å². The second-order valence-corrected chi connectivity index (χ2v) is 6.24. The van der Waals surface area contributed by atoms with Gasteiger partial charge >= 0.3 is 0 Å². The van der Waals surface area contributed by atoms with E-state index in [4.69, 9.17) is 0 Å². The summed E-state index contributed by atoms with van der Waals surface area (Å²) in [4.78, 5) is 2.59. The van der Waals surface area contributed by atoms with E-state index in [0.717, 1.165) is 18.8 Å². The largest absolute Gasteiger partial charge is 0.393 e. The third-order valence-electron chi connectivity index (χ3n) is 4.98. The van der Waals surface area contributed by atoms with Crippen LogP contribution in [0, 0.1) is 11.8 Å². The molecule has 2 aliphatic carbocycles. The molecule has 2 fully saturated rings. The van der Waals surface area contributed by atoms with Gasteiger partial charge in [0.25, 0.3) is 0 Å². The Morgan fingerprint density at radius 1 is 1.06 bits per heavy atom. The molecule has 1 heterocycles. The molecule has 3 atom stereocenters. The first-order valence-corrected chi connectivity index (χ1v) is 7.45. The van der Waals surface area contributed by atoms with Crippen molar-refractivity contribution in [2.45, 2.75) is 63.5 Å². The van der Waals surface area contributed by atoms with Crippen molar-refractivity contribution in [2.24, 2.45) is 11.8 Å². The quantitative estimate of drug-likeness (QED) is 0.795. The molecule has 0 saturated heterocycles. The first kappa shape index (κ1) is 11.6. The van der Waals surface area contributed by atoms with Gasteiger partial charge in [0.2, 0.25) is 0 Å². The Hall–Kier alpha value is -0.500. The zero-order valence-electron chi connectivity index (χ0n) is 10.7. The number of hydrogen-bond acceptors (Lipinski definition) is 2. The summed E-state index contributed by atoms with van der Waals surface area (Å²) in [5.41, 5.74) is 0. The summed E-state index contributed by atoms with van der Waals surface area (Å²) < 4.78 is 0. The fraction of sp³-hybridized carbons (Fsp3) is 0.867. The number of aliphatic hydroxyl groups excluding tert-OH is 1. The first-order chi connectivity index (χ1) is 8.33. The Morgan fingerprint density at radius 2 is 1.88 bits per heavy atom. The van der Waals surface area contributed by atoms with Crippen molar-refractivity contribution in [2.75, 3.05) is 6.54 Å². The van der Waals surface area contributed by atoms with E-state index in [1.54, 1.807) is 0 Å². The highest BCUT2D eigenvalue weighted by Crippen LogP contribution is 2.36. The summed E-state index contributed by atoms with van der Waals surface area (Å²) in [6.45, 7) is 1.27. The predicted molar refractivity (Wildman–Crippen MR) is 69.6 cm³/mol. The molecule has 3 unspecified atom stereocenters. The van der Waals surface area contributed by atoms with Crippen LogP contribution in [0.4, 0.5) is 0 Å². The van der Waals surface area contributed by atoms with E-state index in [1.807, 2.05) is 0 Å². The van der Waals surface area contributed by atoms with Gasteiger partial charge in [-0.2, -0.15) is 0 Å². The molecule has 1 N–H and O–H groups in total. The van der Waals surface area contributed by atoms with Gasteiger partial charge in [-0.05, 0) is 44.2 Å². The molecule has 0 radical (unpaired) electrons. The fourth-order valence-corrected chi connectivity index (χ4v) is 3.98. The molecule has 3 rings (SSSR count). The van der Waals surface area contributed by atoms with E-state index >= 15 is 0 Å². The molecular weight excluding hydrogens is 210 g/mol. The highest BCUT2D eigenvalue weighted by molar-refractivity contribution is 5.07. The normalized spacial score (nSPS) is 38.4. The molecule has 2 nitrogen and oxygen atoms in total. The molecule has 0 amide bonds. The maximum atomic E-state index is 9.71. The van der Waals surface area contributed by atoms with Gasteiger partial charge in [0, 0.05) is 18.5 Å². The summed E-state index contributed by atoms with van der Waals surface area (Å²) in [7, 11) is 0. The molecule has 0 aromatic heterocycles. The third kappa shape index (κ3) is 2.52. The van der Waals surface area contributed by atoms with Gasteiger partial charge < -0.3 is 10.0 Å². The lowest BCUT2D eigenvalue weighted by molar-refractivity contribution is 0.0696. The van der Waals surface area contributed by atoms with Crippen LogP contribution < -0.4 is 0 Å². The number of nitrogens with zero attached hydrogens (tertiary/aromatic N) is 1. The monoisotopic (exact) mass is 235 g/mol. The second-order valence-electron chi connectivity index (χ2n) is 6.24. The Bertz CT molecular complexity index is 283. The van der Waals surface area contributed by atoms with E-state index in [-0.39, 0.29) is 6.10 Å². The molecule has 2 saturated carbocycles. The van der Waals surface area contributed by atoms with Crippen LogP contribution in [0.2, 0.25) is 0 Å². The minimum Gasteiger partial charge on any atom is -0.393 e. The molecule has 0 bridgehead atoms. The van der Waals surface area contributed by atoms with E-state index in [9.17, 15) is 5.11 Å². The lowest BCUT2D eigenvalue weighted by atomic mass is 9.83. The average Bonchev–Trinajstić information content (AvgIpc) is 2.73. The average molecular weight is 235 g/mol. The molecule has 2 heteroatoms. The minimum absolute atomic E-state index is 0.0458. The van der Waals surface area contributed by atoms with Crippen LogP contribution in [-0.2, 0) is 0 Å². The van der Waals surface area contributed by atoms with Gasteiger partial charge in [-0.1, -0.05) is 25.3 Å². The number of aliphatic hydroxyl groups is 1. The van der Waals surface area contributed by atoms with Crippen LogP contribution in [0.25, 0.3) is 0 Å². The lowest BCUT2D eigenvalue weighted by Gasteiger charge is -2.37. The van der Waals surface area contributed by atoms with Gasteiger partial charge in [0.1, 0.15) is 0 Å². The van der Waals surface area contributed by atoms with Crippen LogP contribution in [0.1, 0.15) is 51.4 Å². The van der Waals surface area contributed by atoms with Gasteiger partial charge in [0.05, 0.1) is 6.10 Å². The number of fused-ring (bicyclic) bond motifs is 1. The Kier molecular flexibility index (Phi) is 3.41. The van der Waals surface area contributed by atoms with Gasteiger partial charge in [0.15, 0.2) is 0 Å². The molecule has 17 heavy (non-hydrogen) atoms. The van der Waals surface area contributed by atoms with Crippen molar-refractivity contribution in [1.29, 1.82) is 0 Å². The van der Waals surface area contributed by atoms with Crippen molar-refractivity contribution in [3.8, 4) is 0 Å². The zero-order valence-corrected chi connectivity index (χ0v) is 10.7. The van der Waals surface area contributed by atoms with Crippen molar-refractivity contribution >= 4 is 0 Å². The lowest BCUT2D eigenvalue weighted by Crippen LogP contribution is -2.40. The number of rotatable bonds is 2. The topological polar surface area (TPSA) is 23.5 Å². The number of hydrogen-bond donors (Lipinski definition) is 1. The van der Waals surface area contributed by atoms with Gasteiger partial charge in [-0.15, -0.1) is 0 Å². The van der Waals surface area contributed by atoms with Crippen molar-refractivity contribution in [1.82, 2.24) is 4.90 Å². The predicted octanol–water partition coefficient (Wildman–Crippen LogP) is 2.93. The maximum Gasteiger partial charge on any atom is 0.0547 e. The Balaban J connectivity index is 1.56. The van der Waals surface area contributed by atoms with Gasteiger partial charge in [-0.3, -0.25) is 0 Å². The summed E-state index contributed by atoms with van der Waals surface area (Å²) in [6.07, 6.45) is 15.0. The zero-order chi connectivity index (χ0) is 11.7. The Labute approximate surface area is 105 Å². The van der Waals surface area contributed by atoms with Crippen molar-refractivity contribution in [3.63, 3.8) is 0 Å². The molecule has 3 aliphatic rings. The minimum atomic E-state index is -0.0458. The van der Waals surface area contributed by atoms with E-state index in [0.29, 0.717) is 12.0 Å². The third-order valence-corrected chi connectivity index (χ3v) is 4.98. The standard InChI is InChI=1S/C15H25NO/c17-14-6-7-15-13(10-14)8-9-16(15)11-12-4-2-1-3-5-12/h8-9,12-15,17H,1-7,10-11H2. The van der Waals surface area contributed by atoms with Crippen molar-refractivity contribution in [3.05, 3.63) is 12.3 Å². The second kappa shape index (κ2) is 5.01. The van der Waals surface area contributed by atoms with Crippen LogP contribution in [-0.4, -0.2) is 28.7 Å². The van der Waals surface area contributed by atoms with Gasteiger partial charge in [-0.25, -0.2) is 0 Å². The van der Waals surface area contributed by atoms with E-state index in [2.05, 4.69) is 17.2 Å². The maximum absolute atomic E-state index is 9.71. The summed E-state index contributed by atoms with van der Waals surface area (Å²) in [5.74, 6) is 1.56. The highest BCUT2D eigenvalue weighted by Gasteiger charge is 2.35. The highest BCUT2D eigenvalue weighted by atomic mass is 16.3. The summed E-state index contributed by atoms with van der Waals surface area (Å²) in [6, 6.07) is 0.709. The van der Waals surface area contributed by atoms with E-state index < -0.39 is 0 Å². The first-order valence-electron chi connectivity index (χ1n) is 7.45. The molecule has 0 spiro atoms. The summed E-state index contributed by atoms with van der Waals surface area (Å²) >= 11 is 0. The molecular formula is C15H25NO. The SMILES string of the molecule is OC1CCC2C(C=CN2CC2CCCCC2)C1. The summed E-state index contributed by atoms with van der Waals surface area (Å²) in [5, 5.41) is 9.71. The molecule has 1 aliphatic heterocycles. The van der Waals surface area contributed by atoms with Crippen LogP contribution in [0.5, 0.6) is 0 Å². The van der Waals surface area contributed by atoms with Crippen LogP contribution in [0.3, 0.4) is 0 Å². The van der Waals surface area contributed by atoms with Crippen LogP contribution >= 0.6 is 0 Å². The van der Waals surface area contributed by atoms with Crippen LogP contribution in [0.15, 0.2) is 12.3 Å². The molecule has 0 aromatic rings. The van der Waals surface area contributed by atoms with Crippen molar-refractivity contribution < 1.29 is 5.11 Å². The molecule has 0 aromatic carbocycles. The molecule has 96 valence electrons. The Morgan fingerprint density at radius 3 is 2.71 bits per heavy atom.